The van der Waals surface area contributed by atoms with Gasteiger partial charge in [0.15, 0.2) is 6.61 Å². The van der Waals surface area contributed by atoms with Crippen molar-refractivity contribution in [3.8, 4) is 5.75 Å². The van der Waals surface area contributed by atoms with Crippen LogP contribution in [0.25, 0.3) is 6.08 Å². The Labute approximate surface area is 207 Å². The van der Waals surface area contributed by atoms with E-state index in [1.807, 2.05) is 30.3 Å². The van der Waals surface area contributed by atoms with Crippen molar-refractivity contribution in [3.63, 3.8) is 0 Å². The van der Waals surface area contributed by atoms with Crippen LogP contribution in [0.4, 0.5) is 10.5 Å². The number of thioether (sulfide) groups is 1. The number of piperazine rings is 1. The van der Waals surface area contributed by atoms with Gasteiger partial charge in [0.2, 0.25) is 5.91 Å². The highest BCUT2D eigenvalue weighted by Gasteiger charge is 2.37. The number of anilines is 1. The number of carbonyl (C=O) groups is 4. The molecule has 0 aromatic heterocycles. The van der Waals surface area contributed by atoms with E-state index in [-0.39, 0.29) is 24.0 Å². The summed E-state index contributed by atoms with van der Waals surface area (Å²) in [5, 5.41) is -0.495. The lowest BCUT2D eigenvalue weighted by atomic mass is 10.2. The minimum absolute atomic E-state index is 0.186. The maximum atomic E-state index is 12.9. The van der Waals surface area contributed by atoms with Crippen LogP contribution in [0.2, 0.25) is 0 Å². The van der Waals surface area contributed by atoms with Crippen LogP contribution in [-0.2, 0) is 19.1 Å². The largest absolute Gasteiger partial charge is 0.481 e. The number of rotatable bonds is 7. The Morgan fingerprint density at radius 3 is 2.37 bits per heavy atom. The molecule has 2 aliphatic rings. The molecule has 0 saturated carbocycles. The number of para-hydroxylation sites is 2. The molecule has 0 radical (unpaired) electrons. The van der Waals surface area contributed by atoms with Gasteiger partial charge < -0.3 is 19.3 Å². The van der Waals surface area contributed by atoms with Gasteiger partial charge in [0.25, 0.3) is 11.1 Å². The van der Waals surface area contributed by atoms with Crippen molar-refractivity contribution in [2.75, 3.05) is 51.3 Å². The van der Waals surface area contributed by atoms with Gasteiger partial charge >= 0.3 is 5.97 Å². The molecule has 0 bridgehead atoms. The van der Waals surface area contributed by atoms with Crippen LogP contribution in [0.5, 0.6) is 5.75 Å². The fourth-order valence-corrected chi connectivity index (χ4v) is 4.62. The molecule has 2 aliphatic heterocycles. The summed E-state index contributed by atoms with van der Waals surface area (Å²) < 4.78 is 10.0. The van der Waals surface area contributed by atoms with E-state index < -0.39 is 17.1 Å². The number of hydrogen-bond donors (Lipinski definition) is 0. The van der Waals surface area contributed by atoms with Crippen molar-refractivity contribution in [2.24, 2.45) is 0 Å². The number of ether oxygens (including phenoxy) is 2. The summed E-state index contributed by atoms with van der Waals surface area (Å²) in [6.07, 6.45) is 1.53. The Morgan fingerprint density at radius 2 is 1.66 bits per heavy atom. The standard InChI is InChI=1S/C25H25N3O6S/c1-33-23(30)17-34-20-10-6-5-7-18(20)15-21-24(31)28(25(32)35-21)16-22(29)27-13-11-26(12-14-27)19-8-3-2-4-9-19/h2-10,15H,11-14,16-17H2,1H3/b21-15+. The van der Waals surface area contributed by atoms with E-state index in [9.17, 15) is 19.2 Å². The first-order valence-corrected chi connectivity index (χ1v) is 11.9. The quantitative estimate of drug-likeness (QED) is 0.427. The zero-order valence-electron chi connectivity index (χ0n) is 19.2. The zero-order valence-corrected chi connectivity index (χ0v) is 20.0. The van der Waals surface area contributed by atoms with Crippen LogP contribution >= 0.6 is 11.8 Å². The molecule has 35 heavy (non-hydrogen) atoms. The van der Waals surface area contributed by atoms with Crippen molar-refractivity contribution >= 4 is 46.5 Å². The zero-order chi connectivity index (χ0) is 24.8. The second-order valence-electron chi connectivity index (χ2n) is 7.87. The van der Waals surface area contributed by atoms with Crippen LogP contribution in [0.15, 0.2) is 59.5 Å². The molecule has 10 heteroatoms. The van der Waals surface area contributed by atoms with Crippen molar-refractivity contribution in [2.45, 2.75) is 0 Å². The van der Waals surface area contributed by atoms with E-state index in [1.165, 1.54) is 13.2 Å². The molecule has 2 aromatic rings. The monoisotopic (exact) mass is 495 g/mol. The summed E-state index contributed by atoms with van der Waals surface area (Å²) >= 11 is 0.773. The van der Waals surface area contributed by atoms with Crippen LogP contribution in [0.1, 0.15) is 5.56 Å². The van der Waals surface area contributed by atoms with Gasteiger partial charge in [0, 0.05) is 37.4 Å². The van der Waals surface area contributed by atoms with Crippen LogP contribution in [0.3, 0.4) is 0 Å². The van der Waals surface area contributed by atoms with Crippen molar-refractivity contribution in [3.05, 3.63) is 65.1 Å². The van der Waals surface area contributed by atoms with Crippen molar-refractivity contribution in [1.29, 1.82) is 0 Å². The molecular formula is C25H25N3O6S. The predicted molar refractivity (Wildman–Crippen MR) is 132 cm³/mol. The van der Waals surface area contributed by atoms with Gasteiger partial charge in [0.1, 0.15) is 12.3 Å². The van der Waals surface area contributed by atoms with Gasteiger partial charge in [0.05, 0.1) is 12.0 Å². The van der Waals surface area contributed by atoms with Crippen LogP contribution in [0, 0.1) is 0 Å². The number of hydrogen-bond acceptors (Lipinski definition) is 8. The van der Waals surface area contributed by atoms with Gasteiger partial charge in [-0.25, -0.2) is 4.79 Å². The molecular weight excluding hydrogens is 470 g/mol. The van der Waals surface area contributed by atoms with Crippen LogP contribution < -0.4 is 9.64 Å². The molecule has 0 spiro atoms. The third-order valence-corrected chi connectivity index (χ3v) is 6.61. The maximum Gasteiger partial charge on any atom is 0.343 e. The number of nitrogens with zero attached hydrogens (tertiary/aromatic N) is 3. The molecule has 2 aromatic carbocycles. The first-order chi connectivity index (χ1) is 17.0. The van der Waals surface area contributed by atoms with Gasteiger partial charge in [-0.3, -0.25) is 19.3 Å². The third kappa shape index (κ3) is 5.83. The SMILES string of the molecule is COC(=O)COc1ccccc1/C=C1/SC(=O)N(CC(=O)N2CCN(c3ccccc3)CC2)C1=O. The van der Waals surface area contributed by atoms with E-state index in [1.54, 1.807) is 29.2 Å². The van der Waals surface area contributed by atoms with Crippen molar-refractivity contribution in [1.82, 2.24) is 9.80 Å². The number of methoxy groups -OCH3 is 1. The first kappa shape index (κ1) is 24.3. The lowest BCUT2D eigenvalue weighted by Crippen LogP contribution is -2.51. The highest BCUT2D eigenvalue weighted by Crippen LogP contribution is 2.34. The van der Waals surface area contributed by atoms with Gasteiger partial charge in [-0.15, -0.1) is 0 Å². The smallest absolute Gasteiger partial charge is 0.343 e. The molecule has 0 atom stereocenters. The lowest BCUT2D eigenvalue weighted by Gasteiger charge is -2.36. The predicted octanol–water partition coefficient (Wildman–Crippen LogP) is 2.62. The molecule has 9 nitrogen and oxygen atoms in total. The summed E-state index contributed by atoms with van der Waals surface area (Å²) in [4.78, 5) is 54.7. The Kier molecular flexibility index (Phi) is 7.71. The number of benzene rings is 2. The summed E-state index contributed by atoms with van der Waals surface area (Å²) in [5.41, 5.74) is 1.64. The topological polar surface area (TPSA) is 96.5 Å². The maximum absolute atomic E-state index is 12.9. The Hall–Kier alpha value is -3.79. The first-order valence-electron chi connectivity index (χ1n) is 11.1. The number of carbonyl (C=O) groups excluding carboxylic acids is 4. The number of esters is 1. The summed E-state index contributed by atoms with van der Waals surface area (Å²) in [7, 11) is 1.26. The fraction of sp³-hybridized carbons (Fsp3) is 0.280. The molecule has 0 unspecified atom stereocenters. The normalized spacial score (nSPS) is 17.2. The molecule has 2 fully saturated rings. The van der Waals surface area contributed by atoms with E-state index >= 15 is 0 Å². The van der Waals surface area contributed by atoms with E-state index in [2.05, 4.69) is 9.64 Å². The average Bonchev–Trinajstić information content (AvgIpc) is 3.15. The number of imide groups is 1. The molecule has 2 heterocycles. The highest BCUT2D eigenvalue weighted by molar-refractivity contribution is 8.18. The van der Waals surface area contributed by atoms with Crippen molar-refractivity contribution < 1.29 is 28.7 Å². The summed E-state index contributed by atoms with van der Waals surface area (Å²) in [6, 6.07) is 16.8. The molecule has 3 amide bonds. The van der Waals surface area contributed by atoms with Gasteiger partial charge in [-0.1, -0.05) is 36.4 Å². The average molecular weight is 496 g/mol. The molecule has 0 N–H and O–H groups in total. The Balaban J connectivity index is 1.38. The summed E-state index contributed by atoms with van der Waals surface area (Å²) in [5.74, 6) is -0.956. The van der Waals surface area contributed by atoms with E-state index in [4.69, 9.17) is 4.74 Å². The second kappa shape index (κ2) is 11.1. The minimum Gasteiger partial charge on any atom is -0.481 e. The Bertz CT molecular complexity index is 1140. The van der Waals surface area contributed by atoms with E-state index in [0.717, 1.165) is 22.3 Å². The Morgan fingerprint density at radius 1 is 0.971 bits per heavy atom. The second-order valence-corrected chi connectivity index (χ2v) is 8.87. The lowest BCUT2D eigenvalue weighted by molar-refractivity contribution is -0.143. The molecule has 2 saturated heterocycles. The fourth-order valence-electron chi connectivity index (χ4n) is 3.79. The molecule has 182 valence electrons. The van der Waals surface area contributed by atoms with Gasteiger partial charge in [-0.2, -0.15) is 0 Å². The molecule has 0 aliphatic carbocycles. The van der Waals surface area contributed by atoms with Gasteiger partial charge in [-0.05, 0) is 36.0 Å². The molecule has 4 rings (SSSR count). The highest BCUT2D eigenvalue weighted by atomic mass is 32.2. The van der Waals surface area contributed by atoms with E-state index in [0.29, 0.717) is 37.5 Å². The third-order valence-electron chi connectivity index (χ3n) is 5.70. The minimum atomic E-state index is -0.539. The van der Waals surface area contributed by atoms with Crippen LogP contribution in [-0.4, -0.2) is 79.3 Å². The number of amides is 3. The summed E-state index contributed by atoms with van der Waals surface area (Å²) in [6.45, 7) is 1.82.